The normalized spacial score (nSPS) is 19.3. The summed E-state index contributed by atoms with van der Waals surface area (Å²) in [6.45, 7) is 9.90. The number of carbonyl (C=O) groups is 2. The maximum Gasteiger partial charge on any atom is 0.250 e. The monoisotopic (exact) mass is 394 g/mol. The maximum atomic E-state index is 12.8. The second-order valence-electron chi connectivity index (χ2n) is 9.30. The summed E-state index contributed by atoms with van der Waals surface area (Å²) in [5, 5.41) is 0. The molecule has 154 valence electrons. The molecule has 1 aromatic carbocycles. The van der Waals surface area contributed by atoms with Gasteiger partial charge in [0.05, 0.1) is 11.3 Å². The number of ketones is 1. The number of rotatable bonds is 3. The summed E-state index contributed by atoms with van der Waals surface area (Å²) in [6.07, 6.45) is 3.48. The summed E-state index contributed by atoms with van der Waals surface area (Å²) in [5.41, 5.74) is 11.0. The fourth-order valence-electron chi connectivity index (χ4n) is 4.69. The zero-order chi connectivity index (χ0) is 20.9. The molecule has 6 heteroatoms. The average Bonchev–Trinajstić information content (AvgIpc) is 2.97. The number of carbonyl (C=O) groups excluding carboxylic acids is 2. The lowest BCUT2D eigenvalue weighted by Gasteiger charge is -2.35. The van der Waals surface area contributed by atoms with Gasteiger partial charge in [-0.05, 0) is 49.6 Å². The molecule has 0 radical (unpaired) electrons. The molecule has 1 aliphatic carbocycles. The minimum atomic E-state index is -0.410. The third-order valence-corrected chi connectivity index (χ3v) is 6.23. The van der Waals surface area contributed by atoms with Gasteiger partial charge in [-0.3, -0.25) is 9.59 Å². The number of hydrogen-bond donors (Lipinski definition) is 1. The number of primary amides is 1. The van der Waals surface area contributed by atoms with Gasteiger partial charge in [0.1, 0.15) is 0 Å². The second-order valence-corrected chi connectivity index (χ2v) is 9.30. The van der Waals surface area contributed by atoms with Gasteiger partial charge >= 0.3 is 0 Å². The van der Waals surface area contributed by atoms with E-state index in [0.717, 1.165) is 60.8 Å². The molecule has 0 bridgehead atoms. The Morgan fingerprint density at radius 1 is 1.10 bits per heavy atom. The van der Waals surface area contributed by atoms with Crippen molar-refractivity contribution in [1.29, 1.82) is 0 Å². The molecule has 0 saturated carbocycles. The van der Waals surface area contributed by atoms with E-state index in [9.17, 15) is 9.59 Å². The van der Waals surface area contributed by atoms with Gasteiger partial charge in [0.25, 0.3) is 5.91 Å². The van der Waals surface area contributed by atoms with E-state index in [1.165, 1.54) is 0 Å². The van der Waals surface area contributed by atoms with Gasteiger partial charge in [0, 0.05) is 55.7 Å². The molecule has 0 atom stereocenters. The number of Topliss-reactive ketones (excluding diaryl/α,β-unsaturated/α-hetero) is 1. The Kier molecular flexibility index (Phi) is 4.77. The lowest BCUT2D eigenvalue weighted by molar-refractivity contribution is 0.0909. The third kappa shape index (κ3) is 3.57. The number of amides is 1. The second kappa shape index (κ2) is 7.02. The molecule has 1 fully saturated rings. The maximum absolute atomic E-state index is 12.8. The molecule has 2 heterocycles. The minimum absolute atomic E-state index is 0.0555. The number of benzene rings is 1. The van der Waals surface area contributed by atoms with Crippen molar-refractivity contribution in [2.75, 3.05) is 38.1 Å². The van der Waals surface area contributed by atoms with E-state index in [4.69, 9.17) is 5.73 Å². The number of piperazine rings is 1. The highest BCUT2D eigenvalue weighted by molar-refractivity contribution is 6.01. The largest absolute Gasteiger partial charge is 0.368 e. The zero-order valence-electron chi connectivity index (χ0n) is 17.8. The molecular weight excluding hydrogens is 364 g/mol. The van der Waals surface area contributed by atoms with Crippen LogP contribution in [-0.4, -0.2) is 54.4 Å². The lowest BCUT2D eigenvalue weighted by atomic mass is 9.75. The van der Waals surface area contributed by atoms with E-state index in [0.29, 0.717) is 12.0 Å². The predicted octanol–water partition coefficient (Wildman–Crippen LogP) is 2.79. The topological polar surface area (TPSA) is 71.6 Å². The average molecular weight is 395 g/mol. The van der Waals surface area contributed by atoms with Crippen molar-refractivity contribution >= 4 is 17.4 Å². The summed E-state index contributed by atoms with van der Waals surface area (Å²) in [4.78, 5) is 29.4. The quantitative estimate of drug-likeness (QED) is 0.869. The van der Waals surface area contributed by atoms with Gasteiger partial charge < -0.3 is 20.1 Å². The molecule has 1 aliphatic heterocycles. The van der Waals surface area contributed by atoms with Crippen molar-refractivity contribution < 1.29 is 9.59 Å². The standard InChI is InChI=1S/C23H30N4O2/c1-15-14-27(19-12-23(2,3)13-20(28)21(15)19)16-5-6-17(22(24)29)18(11-16)26-9-7-25(4)8-10-26/h5-6,11,14H,7-10,12-13H2,1-4H3,(H2,24,29). The number of aromatic nitrogens is 1. The van der Waals surface area contributed by atoms with Crippen LogP contribution in [0.5, 0.6) is 0 Å². The Morgan fingerprint density at radius 3 is 2.45 bits per heavy atom. The van der Waals surface area contributed by atoms with Crippen LogP contribution in [0.3, 0.4) is 0 Å². The zero-order valence-corrected chi connectivity index (χ0v) is 17.8. The van der Waals surface area contributed by atoms with Crippen molar-refractivity contribution in [2.45, 2.75) is 33.6 Å². The van der Waals surface area contributed by atoms with Gasteiger partial charge in [-0.15, -0.1) is 0 Å². The molecule has 1 aromatic heterocycles. The van der Waals surface area contributed by atoms with Crippen molar-refractivity contribution in [1.82, 2.24) is 9.47 Å². The number of nitrogens with two attached hydrogens (primary N) is 1. The SMILES string of the molecule is Cc1cn(-c2ccc(C(N)=O)c(N3CCN(C)CC3)c2)c2c1C(=O)CC(C)(C)C2. The van der Waals surface area contributed by atoms with Crippen LogP contribution in [0.15, 0.2) is 24.4 Å². The molecule has 29 heavy (non-hydrogen) atoms. The Balaban J connectivity index is 1.81. The number of nitrogens with zero attached hydrogens (tertiary/aromatic N) is 3. The van der Waals surface area contributed by atoms with Crippen LogP contribution in [0.25, 0.3) is 5.69 Å². The van der Waals surface area contributed by atoms with Crippen LogP contribution < -0.4 is 10.6 Å². The molecule has 2 N–H and O–H groups in total. The van der Waals surface area contributed by atoms with E-state index in [1.807, 2.05) is 19.1 Å². The number of fused-ring (bicyclic) bond motifs is 1. The van der Waals surface area contributed by atoms with Gasteiger partial charge in [0.2, 0.25) is 0 Å². The van der Waals surface area contributed by atoms with E-state index >= 15 is 0 Å². The first-order valence-corrected chi connectivity index (χ1v) is 10.3. The van der Waals surface area contributed by atoms with E-state index in [2.05, 4.69) is 47.5 Å². The Bertz CT molecular complexity index is 981. The first kappa shape index (κ1) is 19.7. The Labute approximate surface area is 172 Å². The van der Waals surface area contributed by atoms with Crippen molar-refractivity contribution in [2.24, 2.45) is 11.1 Å². The highest BCUT2D eigenvalue weighted by atomic mass is 16.1. The van der Waals surface area contributed by atoms with Gasteiger partial charge in [0.15, 0.2) is 5.78 Å². The minimum Gasteiger partial charge on any atom is -0.368 e. The smallest absolute Gasteiger partial charge is 0.250 e. The molecule has 0 spiro atoms. The molecule has 1 saturated heterocycles. The van der Waals surface area contributed by atoms with Crippen LogP contribution in [0.4, 0.5) is 5.69 Å². The third-order valence-electron chi connectivity index (χ3n) is 6.23. The fraction of sp³-hybridized carbons (Fsp3) is 0.478. The Morgan fingerprint density at radius 2 is 1.79 bits per heavy atom. The fourth-order valence-corrected chi connectivity index (χ4v) is 4.69. The van der Waals surface area contributed by atoms with Crippen LogP contribution in [0, 0.1) is 12.3 Å². The number of aryl methyl sites for hydroxylation is 1. The molecule has 0 unspecified atom stereocenters. The van der Waals surface area contributed by atoms with Crippen LogP contribution in [0.1, 0.15) is 52.2 Å². The van der Waals surface area contributed by atoms with Gasteiger partial charge in [-0.2, -0.15) is 0 Å². The summed E-state index contributed by atoms with van der Waals surface area (Å²) < 4.78 is 2.13. The number of hydrogen-bond acceptors (Lipinski definition) is 4. The number of anilines is 1. The van der Waals surface area contributed by atoms with Gasteiger partial charge in [-0.1, -0.05) is 13.8 Å². The van der Waals surface area contributed by atoms with Crippen molar-refractivity contribution in [3.8, 4) is 5.69 Å². The highest BCUT2D eigenvalue weighted by Crippen LogP contribution is 2.38. The molecular formula is C23H30N4O2. The summed E-state index contributed by atoms with van der Waals surface area (Å²) in [5.74, 6) is -0.187. The summed E-state index contributed by atoms with van der Waals surface area (Å²) >= 11 is 0. The predicted molar refractivity (Wildman–Crippen MR) is 115 cm³/mol. The highest BCUT2D eigenvalue weighted by Gasteiger charge is 2.35. The lowest BCUT2D eigenvalue weighted by Crippen LogP contribution is -2.45. The first-order chi connectivity index (χ1) is 13.7. The van der Waals surface area contributed by atoms with E-state index in [-0.39, 0.29) is 11.2 Å². The summed E-state index contributed by atoms with van der Waals surface area (Å²) in [7, 11) is 2.11. The molecule has 4 rings (SSSR count). The molecule has 2 aromatic rings. The van der Waals surface area contributed by atoms with E-state index < -0.39 is 5.91 Å². The first-order valence-electron chi connectivity index (χ1n) is 10.3. The van der Waals surface area contributed by atoms with Crippen LogP contribution in [-0.2, 0) is 6.42 Å². The Hall–Kier alpha value is -2.60. The van der Waals surface area contributed by atoms with Crippen molar-refractivity contribution in [3.05, 3.63) is 46.8 Å². The van der Waals surface area contributed by atoms with Gasteiger partial charge in [-0.25, -0.2) is 0 Å². The van der Waals surface area contributed by atoms with Crippen LogP contribution >= 0.6 is 0 Å². The number of likely N-dealkylation sites (N-methyl/N-ethyl adjacent to an activating group) is 1. The summed E-state index contributed by atoms with van der Waals surface area (Å²) in [6, 6.07) is 5.81. The van der Waals surface area contributed by atoms with E-state index in [1.54, 1.807) is 0 Å². The van der Waals surface area contributed by atoms with Crippen LogP contribution in [0.2, 0.25) is 0 Å². The van der Waals surface area contributed by atoms with Crippen molar-refractivity contribution in [3.63, 3.8) is 0 Å². The molecule has 6 nitrogen and oxygen atoms in total. The molecule has 1 amide bonds. The molecule has 2 aliphatic rings.